The Morgan fingerprint density at radius 3 is 2.76 bits per heavy atom. The predicted octanol–water partition coefficient (Wildman–Crippen LogP) is 3.28. The van der Waals surface area contributed by atoms with Gasteiger partial charge in [0.15, 0.2) is 0 Å². The zero-order valence-corrected chi connectivity index (χ0v) is 10.8. The van der Waals surface area contributed by atoms with Crippen LogP contribution in [0.3, 0.4) is 0 Å². The van der Waals surface area contributed by atoms with Crippen LogP contribution >= 0.6 is 11.6 Å². The number of fused-ring (bicyclic) bond motifs is 1. The lowest BCUT2D eigenvalue weighted by Crippen LogP contribution is -2.43. The van der Waals surface area contributed by atoms with Crippen LogP contribution < -0.4 is 5.73 Å². The van der Waals surface area contributed by atoms with Gasteiger partial charge < -0.3 is 10.1 Å². The van der Waals surface area contributed by atoms with Crippen molar-refractivity contribution in [1.29, 1.82) is 0 Å². The smallest absolute Gasteiger partial charge is 0.0693 e. The SMILES string of the molecule is Cc1c(Cl)c2ccccn2c1C1(CN)CCC1. The summed E-state index contributed by atoms with van der Waals surface area (Å²) in [5.74, 6) is 0. The van der Waals surface area contributed by atoms with Gasteiger partial charge in [0.05, 0.1) is 10.5 Å². The first-order valence-electron chi connectivity index (χ1n) is 6.15. The van der Waals surface area contributed by atoms with Crippen LogP contribution in [-0.2, 0) is 5.41 Å². The van der Waals surface area contributed by atoms with E-state index in [-0.39, 0.29) is 5.41 Å². The summed E-state index contributed by atoms with van der Waals surface area (Å²) in [5.41, 5.74) is 9.79. The molecule has 0 bridgehead atoms. The number of halogens is 1. The molecule has 0 aromatic carbocycles. The monoisotopic (exact) mass is 248 g/mol. The van der Waals surface area contributed by atoms with E-state index in [0.717, 1.165) is 10.5 Å². The zero-order chi connectivity index (χ0) is 12.0. The molecule has 90 valence electrons. The number of aromatic nitrogens is 1. The Labute approximate surface area is 106 Å². The van der Waals surface area contributed by atoms with Gasteiger partial charge in [0.25, 0.3) is 0 Å². The molecule has 0 amide bonds. The van der Waals surface area contributed by atoms with Gasteiger partial charge in [-0.15, -0.1) is 0 Å². The van der Waals surface area contributed by atoms with Gasteiger partial charge in [-0.05, 0) is 37.5 Å². The van der Waals surface area contributed by atoms with Crippen molar-refractivity contribution < 1.29 is 0 Å². The molecule has 0 spiro atoms. The van der Waals surface area contributed by atoms with Gasteiger partial charge in [-0.2, -0.15) is 0 Å². The zero-order valence-electron chi connectivity index (χ0n) is 10.0. The van der Waals surface area contributed by atoms with Crippen molar-refractivity contribution in [1.82, 2.24) is 4.40 Å². The van der Waals surface area contributed by atoms with E-state index in [0.29, 0.717) is 6.54 Å². The second-order valence-corrected chi connectivity index (χ2v) is 5.46. The molecule has 0 radical (unpaired) electrons. The van der Waals surface area contributed by atoms with E-state index < -0.39 is 0 Å². The highest BCUT2D eigenvalue weighted by Gasteiger charge is 2.41. The van der Waals surface area contributed by atoms with Crippen molar-refractivity contribution in [3.63, 3.8) is 0 Å². The minimum absolute atomic E-state index is 0.154. The fourth-order valence-electron chi connectivity index (χ4n) is 3.09. The van der Waals surface area contributed by atoms with Crippen molar-refractivity contribution in [2.45, 2.75) is 31.6 Å². The topological polar surface area (TPSA) is 30.4 Å². The fraction of sp³-hybridized carbons (Fsp3) is 0.429. The van der Waals surface area contributed by atoms with Gasteiger partial charge in [-0.1, -0.05) is 24.1 Å². The van der Waals surface area contributed by atoms with E-state index in [1.165, 1.54) is 30.5 Å². The first-order valence-corrected chi connectivity index (χ1v) is 6.53. The second-order valence-electron chi connectivity index (χ2n) is 5.08. The van der Waals surface area contributed by atoms with Crippen LogP contribution in [0.2, 0.25) is 5.02 Å². The normalized spacial score (nSPS) is 18.3. The van der Waals surface area contributed by atoms with Crippen molar-refractivity contribution in [3.05, 3.63) is 40.7 Å². The standard InChI is InChI=1S/C14H17ClN2/c1-10-12(15)11-5-2-3-8-17(11)13(10)14(9-16)6-4-7-14/h2-3,5,8H,4,6-7,9,16H2,1H3. The Bertz CT molecular complexity index is 561. The van der Waals surface area contributed by atoms with Crippen molar-refractivity contribution >= 4 is 17.1 Å². The van der Waals surface area contributed by atoms with E-state index in [2.05, 4.69) is 29.7 Å². The molecule has 2 N–H and O–H groups in total. The van der Waals surface area contributed by atoms with Crippen LogP contribution in [0.15, 0.2) is 24.4 Å². The van der Waals surface area contributed by atoms with Gasteiger partial charge in [-0.3, -0.25) is 0 Å². The average Bonchev–Trinajstić information content (AvgIpc) is 2.55. The molecule has 0 aliphatic heterocycles. The molecule has 2 aromatic rings. The second kappa shape index (κ2) is 3.76. The van der Waals surface area contributed by atoms with Crippen LogP contribution in [0.25, 0.3) is 5.52 Å². The molecule has 3 heteroatoms. The predicted molar refractivity (Wildman–Crippen MR) is 71.7 cm³/mol. The molecule has 1 saturated carbocycles. The molecule has 1 aliphatic rings. The maximum absolute atomic E-state index is 6.43. The molecule has 3 rings (SSSR count). The van der Waals surface area contributed by atoms with E-state index in [1.54, 1.807) is 0 Å². The van der Waals surface area contributed by atoms with Crippen molar-refractivity contribution in [3.8, 4) is 0 Å². The summed E-state index contributed by atoms with van der Waals surface area (Å²) in [7, 11) is 0. The molecule has 0 saturated heterocycles. The fourth-order valence-corrected chi connectivity index (χ4v) is 3.33. The number of nitrogens with two attached hydrogens (primary N) is 1. The number of rotatable bonds is 2. The van der Waals surface area contributed by atoms with Crippen LogP contribution in [0, 0.1) is 6.92 Å². The molecule has 2 aromatic heterocycles. The largest absolute Gasteiger partial charge is 0.330 e. The van der Waals surface area contributed by atoms with E-state index in [9.17, 15) is 0 Å². The third kappa shape index (κ3) is 1.37. The van der Waals surface area contributed by atoms with Crippen LogP contribution in [-0.4, -0.2) is 10.9 Å². The molecule has 2 heterocycles. The highest BCUT2D eigenvalue weighted by molar-refractivity contribution is 6.35. The quantitative estimate of drug-likeness (QED) is 0.869. The van der Waals surface area contributed by atoms with Crippen LogP contribution in [0.4, 0.5) is 0 Å². The number of hydrogen-bond donors (Lipinski definition) is 1. The average molecular weight is 249 g/mol. The maximum atomic E-state index is 6.43. The number of pyridine rings is 1. The first-order chi connectivity index (χ1) is 8.19. The summed E-state index contributed by atoms with van der Waals surface area (Å²) in [5, 5.41) is 0.875. The molecular weight excluding hydrogens is 232 g/mol. The van der Waals surface area contributed by atoms with Crippen molar-refractivity contribution in [2.24, 2.45) is 5.73 Å². The lowest BCUT2D eigenvalue weighted by Gasteiger charge is -2.41. The summed E-state index contributed by atoms with van der Waals surface area (Å²) in [6.45, 7) is 2.82. The lowest BCUT2D eigenvalue weighted by atomic mass is 9.66. The maximum Gasteiger partial charge on any atom is 0.0693 e. The van der Waals surface area contributed by atoms with Crippen LogP contribution in [0.1, 0.15) is 30.5 Å². The van der Waals surface area contributed by atoms with Gasteiger partial charge in [-0.25, -0.2) is 0 Å². The van der Waals surface area contributed by atoms with E-state index in [4.69, 9.17) is 17.3 Å². The summed E-state index contributed by atoms with van der Waals surface area (Å²) in [6.07, 6.45) is 5.73. The summed E-state index contributed by atoms with van der Waals surface area (Å²) in [6, 6.07) is 6.15. The molecule has 0 atom stereocenters. The summed E-state index contributed by atoms with van der Waals surface area (Å²) >= 11 is 6.43. The summed E-state index contributed by atoms with van der Waals surface area (Å²) < 4.78 is 2.23. The molecule has 17 heavy (non-hydrogen) atoms. The third-order valence-electron chi connectivity index (χ3n) is 4.21. The van der Waals surface area contributed by atoms with Gasteiger partial charge >= 0.3 is 0 Å². The Kier molecular flexibility index (Phi) is 2.46. The highest BCUT2D eigenvalue weighted by atomic mass is 35.5. The molecule has 0 unspecified atom stereocenters. The van der Waals surface area contributed by atoms with Gasteiger partial charge in [0.2, 0.25) is 0 Å². The molecule has 2 nitrogen and oxygen atoms in total. The lowest BCUT2D eigenvalue weighted by molar-refractivity contribution is 0.243. The minimum atomic E-state index is 0.154. The van der Waals surface area contributed by atoms with E-state index in [1.807, 2.05) is 6.07 Å². The Hall–Kier alpha value is -0.990. The molecular formula is C14H17ClN2. The molecule has 1 fully saturated rings. The van der Waals surface area contributed by atoms with Gasteiger partial charge in [0, 0.05) is 23.9 Å². The Morgan fingerprint density at radius 1 is 1.41 bits per heavy atom. The van der Waals surface area contributed by atoms with Crippen molar-refractivity contribution in [2.75, 3.05) is 6.54 Å². The molecule has 1 aliphatic carbocycles. The Balaban J connectivity index is 2.32. The number of nitrogens with zero attached hydrogens (tertiary/aromatic N) is 1. The third-order valence-corrected chi connectivity index (χ3v) is 4.69. The minimum Gasteiger partial charge on any atom is -0.330 e. The Morgan fingerprint density at radius 2 is 2.18 bits per heavy atom. The summed E-state index contributed by atoms with van der Waals surface area (Å²) in [4.78, 5) is 0. The van der Waals surface area contributed by atoms with E-state index >= 15 is 0 Å². The van der Waals surface area contributed by atoms with Crippen LogP contribution in [0.5, 0.6) is 0 Å². The highest BCUT2D eigenvalue weighted by Crippen LogP contribution is 2.46. The van der Waals surface area contributed by atoms with Gasteiger partial charge in [0.1, 0.15) is 0 Å². The number of hydrogen-bond acceptors (Lipinski definition) is 1. The first kappa shape index (κ1) is 11.1.